The van der Waals surface area contributed by atoms with E-state index >= 15 is 0 Å². The molecule has 28 heavy (non-hydrogen) atoms. The fraction of sp³-hybridized carbons (Fsp3) is 0.409. The second-order valence-electron chi connectivity index (χ2n) is 6.80. The number of fused-ring (bicyclic) bond motifs is 1. The zero-order chi connectivity index (χ0) is 20.3. The number of carbonyl (C=O) groups excluding carboxylic acids is 1. The quantitative estimate of drug-likeness (QED) is 0.679. The van der Waals surface area contributed by atoms with Crippen LogP contribution in [0.3, 0.4) is 0 Å². The Hall–Kier alpha value is -2.89. The molecule has 1 N–H and O–H groups in total. The molecule has 0 aliphatic rings. The van der Waals surface area contributed by atoms with Crippen LogP contribution in [0, 0.1) is 0 Å². The third-order valence-electron chi connectivity index (χ3n) is 5.12. The van der Waals surface area contributed by atoms with Crippen LogP contribution in [-0.4, -0.2) is 43.6 Å². The van der Waals surface area contributed by atoms with Gasteiger partial charge < -0.3 is 10.0 Å². The maximum Gasteiger partial charge on any atom is 0.227 e. The Balaban J connectivity index is 2.22. The van der Waals surface area contributed by atoms with Gasteiger partial charge in [0.15, 0.2) is 5.65 Å². The summed E-state index contributed by atoms with van der Waals surface area (Å²) >= 11 is 0. The van der Waals surface area contributed by atoms with Gasteiger partial charge in [0.05, 0.1) is 12.1 Å². The summed E-state index contributed by atoms with van der Waals surface area (Å²) in [6.07, 6.45) is 1.91. The molecule has 0 unspecified atom stereocenters. The van der Waals surface area contributed by atoms with E-state index in [-0.39, 0.29) is 18.1 Å². The monoisotopic (exact) mass is 380 g/mol. The summed E-state index contributed by atoms with van der Waals surface area (Å²) in [5, 5.41) is 14.5. The zero-order valence-electron chi connectivity index (χ0n) is 17.1. The van der Waals surface area contributed by atoms with Crippen LogP contribution < -0.4 is 0 Å². The molecule has 0 aliphatic heterocycles. The lowest BCUT2D eigenvalue weighted by Gasteiger charge is -2.18. The average molecular weight is 380 g/mol. The normalized spacial score (nSPS) is 11.1. The minimum Gasteiger partial charge on any atom is -0.508 e. The lowest BCUT2D eigenvalue weighted by Crippen LogP contribution is -2.31. The van der Waals surface area contributed by atoms with Crippen molar-refractivity contribution in [3.63, 3.8) is 0 Å². The molecule has 0 atom stereocenters. The number of phenolic OH excluding ortho intramolecular Hbond substituents is 1. The molecule has 0 fully saturated rings. The third kappa shape index (κ3) is 3.72. The molecule has 6 heteroatoms. The van der Waals surface area contributed by atoms with Gasteiger partial charge in [0.25, 0.3) is 0 Å². The highest BCUT2D eigenvalue weighted by molar-refractivity contribution is 5.84. The Morgan fingerprint density at radius 3 is 2.32 bits per heavy atom. The third-order valence-corrected chi connectivity index (χ3v) is 5.12. The fourth-order valence-electron chi connectivity index (χ4n) is 3.46. The molecule has 2 heterocycles. The number of hydrogen-bond donors (Lipinski definition) is 1. The van der Waals surface area contributed by atoms with Gasteiger partial charge in [-0.1, -0.05) is 13.8 Å². The molecule has 1 amide bonds. The van der Waals surface area contributed by atoms with Gasteiger partial charge in [0.1, 0.15) is 5.75 Å². The Morgan fingerprint density at radius 2 is 1.75 bits per heavy atom. The van der Waals surface area contributed by atoms with Crippen LogP contribution in [0.2, 0.25) is 0 Å². The minimum absolute atomic E-state index is 0.0710. The molecule has 0 bridgehead atoms. The van der Waals surface area contributed by atoms with Crippen molar-refractivity contribution in [3.8, 4) is 17.0 Å². The van der Waals surface area contributed by atoms with Crippen LogP contribution in [0.1, 0.15) is 44.6 Å². The van der Waals surface area contributed by atoms with Crippen LogP contribution in [0.25, 0.3) is 16.9 Å². The van der Waals surface area contributed by atoms with Gasteiger partial charge >= 0.3 is 0 Å². The van der Waals surface area contributed by atoms with Gasteiger partial charge in [0.2, 0.25) is 5.91 Å². The number of likely N-dealkylation sites (N-methyl/N-ethyl adjacent to an activating group) is 1. The second-order valence-corrected chi connectivity index (χ2v) is 6.80. The SMILES string of the molecule is CCc1cc(CC)n2nc(-c3ccc(O)cc3)c(CC(=O)N(CC)CC)c2n1. The Kier molecular flexibility index (Phi) is 5.97. The number of aromatic nitrogens is 3. The first-order valence-electron chi connectivity index (χ1n) is 9.99. The van der Waals surface area contributed by atoms with E-state index in [1.54, 1.807) is 12.1 Å². The molecule has 148 valence electrons. The van der Waals surface area contributed by atoms with Crippen LogP contribution in [0.15, 0.2) is 30.3 Å². The highest BCUT2D eigenvalue weighted by atomic mass is 16.3. The number of benzene rings is 1. The lowest BCUT2D eigenvalue weighted by molar-refractivity contribution is -0.130. The van der Waals surface area contributed by atoms with Gasteiger partial charge in [0, 0.05) is 35.6 Å². The molecule has 0 saturated carbocycles. The van der Waals surface area contributed by atoms with Crippen molar-refractivity contribution < 1.29 is 9.90 Å². The topological polar surface area (TPSA) is 70.7 Å². The predicted octanol–water partition coefficient (Wildman–Crippen LogP) is 3.64. The number of aryl methyl sites for hydroxylation is 2. The molecule has 0 saturated heterocycles. The molecule has 0 radical (unpaired) electrons. The van der Waals surface area contributed by atoms with E-state index in [4.69, 9.17) is 10.1 Å². The summed E-state index contributed by atoms with van der Waals surface area (Å²) in [7, 11) is 0. The highest BCUT2D eigenvalue weighted by Gasteiger charge is 2.22. The van der Waals surface area contributed by atoms with Crippen molar-refractivity contribution in [2.24, 2.45) is 0 Å². The first-order chi connectivity index (χ1) is 13.5. The Morgan fingerprint density at radius 1 is 1.07 bits per heavy atom. The van der Waals surface area contributed by atoms with Crippen molar-refractivity contribution in [2.45, 2.75) is 47.0 Å². The van der Waals surface area contributed by atoms with E-state index in [0.29, 0.717) is 13.1 Å². The smallest absolute Gasteiger partial charge is 0.227 e. The van der Waals surface area contributed by atoms with E-state index in [0.717, 1.165) is 46.7 Å². The van der Waals surface area contributed by atoms with Gasteiger partial charge in [-0.3, -0.25) is 4.79 Å². The highest BCUT2D eigenvalue weighted by Crippen LogP contribution is 2.29. The molecule has 3 aromatic rings. The maximum absolute atomic E-state index is 12.9. The molecular formula is C22H28N4O2. The van der Waals surface area contributed by atoms with Crippen molar-refractivity contribution in [3.05, 3.63) is 47.3 Å². The zero-order valence-corrected chi connectivity index (χ0v) is 17.1. The van der Waals surface area contributed by atoms with Crippen LogP contribution in [0.4, 0.5) is 0 Å². The molecular weight excluding hydrogens is 352 g/mol. The largest absolute Gasteiger partial charge is 0.508 e. The number of phenols is 1. The Bertz CT molecular complexity index is 972. The van der Waals surface area contributed by atoms with Crippen molar-refractivity contribution >= 4 is 11.6 Å². The van der Waals surface area contributed by atoms with Crippen molar-refractivity contribution in [1.29, 1.82) is 0 Å². The van der Waals surface area contributed by atoms with E-state index in [9.17, 15) is 9.90 Å². The molecule has 2 aromatic heterocycles. The summed E-state index contributed by atoms with van der Waals surface area (Å²) in [6.45, 7) is 9.50. The first kappa shape index (κ1) is 19.9. The van der Waals surface area contributed by atoms with Crippen LogP contribution in [0.5, 0.6) is 5.75 Å². The summed E-state index contributed by atoms with van der Waals surface area (Å²) in [6, 6.07) is 9.02. The Labute approximate surface area is 165 Å². The summed E-state index contributed by atoms with van der Waals surface area (Å²) < 4.78 is 1.87. The van der Waals surface area contributed by atoms with Crippen LogP contribution >= 0.6 is 0 Å². The minimum atomic E-state index is 0.0710. The first-order valence-corrected chi connectivity index (χ1v) is 9.99. The number of amides is 1. The van der Waals surface area contributed by atoms with E-state index in [1.165, 1.54) is 0 Å². The molecule has 0 aliphatic carbocycles. The number of carbonyl (C=O) groups is 1. The van der Waals surface area contributed by atoms with Crippen LogP contribution in [-0.2, 0) is 24.1 Å². The van der Waals surface area contributed by atoms with Crippen molar-refractivity contribution in [1.82, 2.24) is 19.5 Å². The van der Waals surface area contributed by atoms with Gasteiger partial charge in [-0.15, -0.1) is 0 Å². The summed E-state index contributed by atoms with van der Waals surface area (Å²) in [5.41, 5.74) is 5.27. The van der Waals surface area contributed by atoms with Gasteiger partial charge in [-0.2, -0.15) is 5.10 Å². The molecule has 1 aromatic carbocycles. The fourth-order valence-corrected chi connectivity index (χ4v) is 3.46. The van der Waals surface area contributed by atoms with E-state index < -0.39 is 0 Å². The molecule has 6 nitrogen and oxygen atoms in total. The van der Waals surface area contributed by atoms with E-state index in [1.807, 2.05) is 35.4 Å². The molecule has 0 spiro atoms. The summed E-state index contributed by atoms with van der Waals surface area (Å²) in [4.78, 5) is 19.5. The van der Waals surface area contributed by atoms with Gasteiger partial charge in [-0.05, 0) is 57.0 Å². The standard InChI is InChI=1S/C22H28N4O2/c1-5-16-13-17(6-2)26-22(23-16)19(14-20(28)25(7-3)8-4)21(24-26)15-9-11-18(27)12-10-15/h9-13,27H,5-8,14H2,1-4H3. The lowest BCUT2D eigenvalue weighted by atomic mass is 10.0. The maximum atomic E-state index is 12.9. The number of nitrogens with zero attached hydrogens (tertiary/aromatic N) is 4. The number of aromatic hydroxyl groups is 1. The van der Waals surface area contributed by atoms with Gasteiger partial charge in [-0.25, -0.2) is 9.50 Å². The molecule has 3 rings (SSSR count). The predicted molar refractivity (Wildman–Crippen MR) is 110 cm³/mol. The number of hydrogen-bond acceptors (Lipinski definition) is 4. The summed E-state index contributed by atoms with van der Waals surface area (Å²) in [5.74, 6) is 0.274. The van der Waals surface area contributed by atoms with E-state index in [2.05, 4.69) is 19.9 Å². The average Bonchev–Trinajstić information content (AvgIpc) is 3.07. The van der Waals surface area contributed by atoms with Crippen molar-refractivity contribution in [2.75, 3.05) is 13.1 Å². The second kappa shape index (κ2) is 8.42. The number of rotatable bonds is 7.